The van der Waals surface area contributed by atoms with Gasteiger partial charge in [-0.2, -0.15) is 0 Å². The molecule has 1 unspecified atom stereocenters. The van der Waals surface area contributed by atoms with Gasteiger partial charge in [0.25, 0.3) is 5.91 Å². The van der Waals surface area contributed by atoms with Crippen LogP contribution in [0.5, 0.6) is 0 Å². The van der Waals surface area contributed by atoms with Gasteiger partial charge in [-0.1, -0.05) is 36.4 Å². The van der Waals surface area contributed by atoms with Crippen molar-refractivity contribution in [1.82, 2.24) is 15.1 Å². The summed E-state index contributed by atoms with van der Waals surface area (Å²) in [6.07, 6.45) is 0.251. The molecule has 2 aliphatic rings. The Morgan fingerprint density at radius 3 is 2.23 bits per heavy atom. The van der Waals surface area contributed by atoms with Gasteiger partial charge in [0.15, 0.2) is 0 Å². The van der Waals surface area contributed by atoms with E-state index in [1.54, 1.807) is 4.90 Å². The van der Waals surface area contributed by atoms with Crippen LogP contribution in [0, 0.1) is 5.92 Å². The zero-order chi connectivity index (χ0) is 21.6. The van der Waals surface area contributed by atoms with Crippen molar-refractivity contribution in [3.05, 3.63) is 66.2 Å². The standard InChI is InChI=1S/C24H28N4O3/c29-22-17-20(18-28(22)21-9-5-2-6-10-21)23(30)25-11-12-26-13-15-27(16-14-26)24(31)19-7-3-1-4-8-19/h1-10,20H,11-18H2,(H,25,30). The molecule has 4 rings (SSSR count). The molecule has 0 saturated carbocycles. The second kappa shape index (κ2) is 9.75. The highest BCUT2D eigenvalue weighted by atomic mass is 16.2. The van der Waals surface area contributed by atoms with Crippen LogP contribution >= 0.6 is 0 Å². The summed E-state index contributed by atoms with van der Waals surface area (Å²) in [4.78, 5) is 43.2. The Labute approximate surface area is 182 Å². The van der Waals surface area contributed by atoms with E-state index in [1.165, 1.54) is 0 Å². The van der Waals surface area contributed by atoms with Gasteiger partial charge in [-0.25, -0.2) is 0 Å². The van der Waals surface area contributed by atoms with Crippen LogP contribution in [-0.2, 0) is 9.59 Å². The van der Waals surface area contributed by atoms with Crippen LogP contribution in [0.1, 0.15) is 16.8 Å². The zero-order valence-electron chi connectivity index (χ0n) is 17.6. The number of benzene rings is 2. The zero-order valence-corrected chi connectivity index (χ0v) is 17.6. The molecule has 2 saturated heterocycles. The van der Waals surface area contributed by atoms with Gasteiger partial charge >= 0.3 is 0 Å². The Hall–Kier alpha value is -3.19. The molecule has 3 amide bonds. The second-order valence-electron chi connectivity index (χ2n) is 8.03. The molecule has 2 aromatic carbocycles. The first-order valence-electron chi connectivity index (χ1n) is 10.8. The maximum Gasteiger partial charge on any atom is 0.253 e. The van der Waals surface area contributed by atoms with E-state index >= 15 is 0 Å². The fourth-order valence-electron chi connectivity index (χ4n) is 4.16. The molecule has 31 heavy (non-hydrogen) atoms. The summed E-state index contributed by atoms with van der Waals surface area (Å²) in [6, 6.07) is 18.8. The summed E-state index contributed by atoms with van der Waals surface area (Å²) in [5.41, 5.74) is 1.56. The van der Waals surface area contributed by atoms with Crippen LogP contribution in [0.15, 0.2) is 60.7 Å². The Balaban J connectivity index is 1.18. The maximum atomic E-state index is 12.5. The van der Waals surface area contributed by atoms with Crippen molar-refractivity contribution in [3.63, 3.8) is 0 Å². The van der Waals surface area contributed by atoms with Crippen LogP contribution < -0.4 is 10.2 Å². The summed E-state index contributed by atoms with van der Waals surface area (Å²) >= 11 is 0. The van der Waals surface area contributed by atoms with E-state index in [-0.39, 0.29) is 30.1 Å². The molecule has 0 aromatic heterocycles. The number of para-hydroxylation sites is 1. The molecular weight excluding hydrogens is 392 g/mol. The molecule has 1 atom stereocenters. The highest BCUT2D eigenvalue weighted by Gasteiger charge is 2.35. The fourth-order valence-corrected chi connectivity index (χ4v) is 4.16. The van der Waals surface area contributed by atoms with Gasteiger partial charge in [0, 0.05) is 63.5 Å². The van der Waals surface area contributed by atoms with Gasteiger partial charge in [0.1, 0.15) is 0 Å². The predicted molar refractivity (Wildman–Crippen MR) is 119 cm³/mol. The van der Waals surface area contributed by atoms with Crippen molar-refractivity contribution < 1.29 is 14.4 Å². The lowest BCUT2D eigenvalue weighted by Gasteiger charge is -2.34. The molecule has 1 N–H and O–H groups in total. The molecule has 7 nitrogen and oxygen atoms in total. The number of anilines is 1. The van der Waals surface area contributed by atoms with Gasteiger partial charge in [-0.05, 0) is 24.3 Å². The summed E-state index contributed by atoms with van der Waals surface area (Å²) < 4.78 is 0. The van der Waals surface area contributed by atoms with Gasteiger partial charge in [0.05, 0.1) is 5.92 Å². The number of amides is 3. The largest absolute Gasteiger partial charge is 0.355 e. The van der Waals surface area contributed by atoms with E-state index < -0.39 is 0 Å². The molecule has 2 aliphatic heterocycles. The Bertz CT molecular complexity index is 911. The molecule has 162 valence electrons. The lowest BCUT2D eigenvalue weighted by molar-refractivity contribution is -0.126. The number of carbonyl (C=O) groups is 3. The number of hydrogen-bond acceptors (Lipinski definition) is 4. The van der Waals surface area contributed by atoms with E-state index in [0.29, 0.717) is 26.2 Å². The highest BCUT2D eigenvalue weighted by molar-refractivity contribution is 6.00. The fraction of sp³-hybridized carbons (Fsp3) is 0.375. The lowest BCUT2D eigenvalue weighted by Crippen LogP contribution is -2.50. The topological polar surface area (TPSA) is 73.0 Å². The molecular formula is C24H28N4O3. The van der Waals surface area contributed by atoms with Crippen molar-refractivity contribution in [2.24, 2.45) is 5.92 Å². The minimum Gasteiger partial charge on any atom is -0.355 e. The number of hydrogen-bond donors (Lipinski definition) is 1. The minimum atomic E-state index is -0.312. The van der Waals surface area contributed by atoms with Gasteiger partial charge in [-0.15, -0.1) is 0 Å². The van der Waals surface area contributed by atoms with Crippen LogP contribution in [0.3, 0.4) is 0 Å². The van der Waals surface area contributed by atoms with Gasteiger partial charge in [-0.3, -0.25) is 19.3 Å². The van der Waals surface area contributed by atoms with Crippen LogP contribution in [0.25, 0.3) is 0 Å². The molecule has 0 spiro atoms. The molecule has 2 fully saturated rings. The van der Waals surface area contributed by atoms with Gasteiger partial charge in [0.2, 0.25) is 11.8 Å². The van der Waals surface area contributed by atoms with Crippen molar-refractivity contribution >= 4 is 23.4 Å². The van der Waals surface area contributed by atoms with Crippen molar-refractivity contribution in [1.29, 1.82) is 0 Å². The van der Waals surface area contributed by atoms with E-state index in [4.69, 9.17) is 0 Å². The average Bonchev–Trinajstić information content (AvgIpc) is 3.22. The smallest absolute Gasteiger partial charge is 0.253 e. The molecule has 0 radical (unpaired) electrons. The third-order valence-corrected chi connectivity index (χ3v) is 5.97. The quantitative estimate of drug-likeness (QED) is 0.771. The van der Waals surface area contributed by atoms with Crippen molar-refractivity contribution in [2.75, 3.05) is 50.7 Å². The molecule has 2 heterocycles. The first-order valence-corrected chi connectivity index (χ1v) is 10.8. The summed E-state index contributed by atoms with van der Waals surface area (Å²) in [7, 11) is 0. The number of nitrogens with one attached hydrogen (secondary N) is 1. The molecule has 7 heteroatoms. The average molecular weight is 421 g/mol. The normalized spacial score (nSPS) is 19.5. The molecule has 0 aliphatic carbocycles. The van der Waals surface area contributed by atoms with E-state index in [0.717, 1.165) is 30.9 Å². The van der Waals surface area contributed by atoms with Crippen molar-refractivity contribution in [3.8, 4) is 0 Å². The Morgan fingerprint density at radius 2 is 1.55 bits per heavy atom. The monoisotopic (exact) mass is 420 g/mol. The molecule has 2 aromatic rings. The van der Waals surface area contributed by atoms with E-state index in [9.17, 15) is 14.4 Å². The third-order valence-electron chi connectivity index (χ3n) is 5.97. The minimum absolute atomic E-state index is 0.00875. The SMILES string of the molecule is O=C(NCCN1CCN(C(=O)c2ccccc2)CC1)C1CC(=O)N(c2ccccc2)C1. The number of rotatable bonds is 6. The first-order chi connectivity index (χ1) is 15.1. The third kappa shape index (κ3) is 5.11. The summed E-state index contributed by atoms with van der Waals surface area (Å²) in [6.45, 7) is 4.66. The second-order valence-corrected chi connectivity index (χ2v) is 8.03. The van der Waals surface area contributed by atoms with E-state index in [1.807, 2.05) is 65.6 Å². The molecule has 0 bridgehead atoms. The lowest BCUT2D eigenvalue weighted by atomic mass is 10.1. The number of piperazine rings is 1. The number of carbonyl (C=O) groups excluding carboxylic acids is 3. The summed E-state index contributed by atoms with van der Waals surface area (Å²) in [5.74, 6) is -0.314. The Kier molecular flexibility index (Phi) is 6.62. The van der Waals surface area contributed by atoms with Gasteiger partial charge < -0.3 is 15.1 Å². The highest BCUT2D eigenvalue weighted by Crippen LogP contribution is 2.24. The summed E-state index contributed by atoms with van der Waals surface area (Å²) in [5, 5.41) is 2.98. The van der Waals surface area contributed by atoms with E-state index in [2.05, 4.69) is 10.2 Å². The first kappa shape index (κ1) is 21.1. The van der Waals surface area contributed by atoms with Crippen molar-refractivity contribution in [2.45, 2.75) is 6.42 Å². The van der Waals surface area contributed by atoms with Crippen LogP contribution in [0.4, 0.5) is 5.69 Å². The Morgan fingerprint density at radius 1 is 0.903 bits per heavy atom. The number of nitrogens with zero attached hydrogens (tertiary/aromatic N) is 3. The predicted octanol–water partition coefficient (Wildman–Crippen LogP) is 1.61. The maximum absolute atomic E-state index is 12.5. The van der Waals surface area contributed by atoms with Crippen LogP contribution in [0.2, 0.25) is 0 Å². The van der Waals surface area contributed by atoms with Crippen LogP contribution in [-0.4, -0.2) is 73.3 Å².